The van der Waals surface area contributed by atoms with Gasteiger partial charge in [0.05, 0.1) is 4.75 Å². The molecule has 1 rings (SSSR count). The minimum absolute atomic E-state index is 0.0757. The summed E-state index contributed by atoms with van der Waals surface area (Å²) < 4.78 is 4.85. The van der Waals surface area contributed by atoms with Gasteiger partial charge in [0.1, 0.15) is 5.78 Å². The second-order valence-corrected chi connectivity index (χ2v) is 5.30. The van der Waals surface area contributed by atoms with Gasteiger partial charge in [0.25, 0.3) is 0 Å². The maximum absolute atomic E-state index is 11.8. The molecule has 76 valence electrons. The normalized spacial score (nSPS) is 27.8. The molecule has 0 bridgehead atoms. The predicted octanol–water partition coefficient (Wildman–Crippen LogP) is 2.27. The van der Waals surface area contributed by atoms with Gasteiger partial charge in [-0.15, -0.1) is 11.8 Å². The molecular weight excluding hydrogens is 184 g/mol. The number of hydrogen-bond donors (Lipinski definition) is 0. The Hall–Kier alpha value is -0.0200. The summed E-state index contributed by atoms with van der Waals surface area (Å²) in [6, 6.07) is 0. The number of carbonyl (C=O) groups is 1. The molecule has 1 atom stereocenters. The van der Waals surface area contributed by atoms with Gasteiger partial charge in [0.15, 0.2) is 0 Å². The lowest BCUT2D eigenvalue weighted by atomic mass is 9.97. The highest BCUT2D eigenvalue weighted by Gasteiger charge is 2.35. The summed E-state index contributed by atoms with van der Waals surface area (Å²) in [5.74, 6) is 1.55. The van der Waals surface area contributed by atoms with Gasteiger partial charge in [0.2, 0.25) is 0 Å². The van der Waals surface area contributed by atoms with Crippen LogP contribution in [0.2, 0.25) is 0 Å². The molecule has 0 aromatic carbocycles. The molecule has 0 amide bonds. The van der Waals surface area contributed by atoms with Gasteiger partial charge in [-0.05, 0) is 31.9 Å². The van der Waals surface area contributed by atoms with Crippen molar-refractivity contribution in [3.8, 4) is 0 Å². The lowest BCUT2D eigenvalue weighted by Crippen LogP contribution is -2.28. The minimum Gasteiger partial charge on any atom is -0.385 e. The van der Waals surface area contributed by atoms with Crippen molar-refractivity contribution in [1.29, 1.82) is 0 Å². The summed E-state index contributed by atoms with van der Waals surface area (Å²) in [4.78, 5) is 11.8. The number of methoxy groups -OCH3 is 1. The van der Waals surface area contributed by atoms with Gasteiger partial charge in [-0.3, -0.25) is 4.79 Å². The SMILES string of the molecule is COCCCC(=O)C1(C)CCCS1. The van der Waals surface area contributed by atoms with E-state index in [1.807, 2.05) is 11.8 Å². The first-order valence-corrected chi connectivity index (χ1v) is 5.84. The zero-order valence-corrected chi connectivity index (χ0v) is 9.28. The maximum atomic E-state index is 11.8. The second kappa shape index (κ2) is 5.01. The molecule has 1 aliphatic rings. The maximum Gasteiger partial charge on any atom is 0.148 e. The summed E-state index contributed by atoms with van der Waals surface area (Å²) in [6.07, 6.45) is 3.80. The number of ketones is 1. The fourth-order valence-electron chi connectivity index (χ4n) is 1.64. The monoisotopic (exact) mass is 202 g/mol. The number of carbonyl (C=O) groups excluding carboxylic acids is 1. The highest BCUT2D eigenvalue weighted by atomic mass is 32.2. The van der Waals surface area contributed by atoms with E-state index in [1.165, 1.54) is 6.42 Å². The first kappa shape index (κ1) is 11.1. The van der Waals surface area contributed by atoms with Crippen LogP contribution in [0, 0.1) is 0 Å². The van der Waals surface area contributed by atoms with Crippen LogP contribution in [0.3, 0.4) is 0 Å². The number of ether oxygens (including phenoxy) is 1. The van der Waals surface area contributed by atoms with Crippen molar-refractivity contribution in [2.75, 3.05) is 19.5 Å². The van der Waals surface area contributed by atoms with Crippen LogP contribution in [-0.2, 0) is 9.53 Å². The van der Waals surface area contributed by atoms with Gasteiger partial charge < -0.3 is 4.74 Å². The Morgan fingerprint density at radius 1 is 1.62 bits per heavy atom. The molecule has 0 radical (unpaired) electrons. The van der Waals surface area contributed by atoms with Gasteiger partial charge in [0, 0.05) is 20.1 Å². The standard InChI is InChI=1S/C10H18O2S/c1-10(6-4-8-13-10)9(11)5-3-7-12-2/h3-8H2,1-2H3. The molecule has 0 aromatic rings. The van der Waals surface area contributed by atoms with Crippen molar-refractivity contribution >= 4 is 17.5 Å². The smallest absolute Gasteiger partial charge is 0.148 e. The third-order valence-corrected chi connectivity index (χ3v) is 4.12. The molecule has 0 spiro atoms. The van der Waals surface area contributed by atoms with E-state index >= 15 is 0 Å². The van der Waals surface area contributed by atoms with Crippen LogP contribution in [0.25, 0.3) is 0 Å². The lowest BCUT2D eigenvalue weighted by Gasteiger charge is -2.20. The van der Waals surface area contributed by atoms with E-state index in [2.05, 4.69) is 6.92 Å². The Morgan fingerprint density at radius 3 is 2.92 bits per heavy atom. The number of thioether (sulfide) groups is 1. The fourth-order valence-corrected chi connectivity index (χ4v) is 2.93. The van der Waals surface area contributed by atoms with Crippen LogP contribution in [-0.4, -0.2) is 30.0 Å². The first-order valence-electron chi connectivity index (χ1n) is 4.85. The Balaban J connectivity index is 2.29. The molecule has 2 nitrogen and oxygen atoms in total. The van der Waals surface area contributed by atoms with E-state index in [0.29, 0.717) is 18.8 Å². The quantitative estimate of drug-likeness (QED) is 0.640. The van der Waals surface area contributed by atoms with Crippen LogP contribution in [0.5, 0.6) is 0 Å². The van der Waals surface area contributed by atoms with Crippen molar-refractivity contribution in [1.82, 2.24) is 0 Å². The molecule has 1 saturated heterocycles. The molecule has 13 heavy (non-hydrogen) atoms. The molecule has 1 fully saturated rings. The molecule has 0 saturated carbocycles. The van der Waals surface area contributed by atoms with Crippen molar-refractivity contribution in [2.45, 2.75) is 37.4 Å². The predicted molar refractivity (Wildman–Crippen MR) is 56.2 cm³/mol. The number of Topliss-reactive ketones (excluding diaryl/α,β-unsaturated/α-hetero) is 1. The number of hydrogen-bond acceptors (Lipinski definition) is 3. The average Bonchev–Trinajstić information content (AvgIpc) is 2.54. The number of rotatable bonds is 5. The Kier molecular flexibility index (Phi) is 4.26. The van der Waals surface area contributed by atoms with Crippen LogP contribution in [0.15, 0.2) is 0 Å². The van der Waals surface area contributed by atoms with Crippen molar-refractivity contribution in [3.05, 3.63) is 0 Å². The van der Waals surface area contributed by atoms with E-state index in [-0.39, 0.29) is 4.75 Å². The second-order valence-electron chi connectivity index (χ2n) is 3.70. The Labute approximate surface area is 84.4 Å². The molecule has 0 N–H and O–H groups in total. The van der Waals surface area contributed by atoms with Crippen LogP contribution < -0.4 is 0 Å². The van der Waals surface area contributed by atoms with Gasteiger partial charge >= 0.3 is 0 Å². The zero-order chi connectivity index (χ0) is 9.73. The van der Waals surface area contributed by atoms with E-state index in [9.17, 15) is 4.79 Å². The van der Waals surface area contributed by atoms with E-state index in [4.69, 9.17) is 4.74 Å². The summed E-state index contributed by atoms with van der Waals surface area (Å²) in [7, 11) is 1.68. The van der Waals surface area contributed by atoms with Crippen LogP contribution >= 0.6 is 11.8 Å². The first-order chi connectivity index (χ1) is 6.19. The highest BCUT2D eigenvalue weighted by Crippen LogP contribution is 2.39. The third-order valence-electron chi connectivity index (χ3n) is 2.56. The summed E-state index contributed by atoms with van der Waals surface area (Å²) in [5.41, 5.74) is 0. The Morgan fingerprint density at radius 2 is 2.38 bits per heavy atom. The highest BCUT2D eigenvalue weighted by molar-refractivity contribution is 8.01. The summed E-state index contributed by atoms with van der Waals surface area (Å²) in [5, 5.41) is 0. The van der Waals surface area contributed by atoms with Crippen LogP contribution in [0.1, 0.15) is 32.6 Å². The molecule has 0 aromatic heterocycles. The largest absolute Gasteiger partial charge is 0.385 e. The van der Waals surface area contributed by atoms with Gasteiger partial charge in [-0.1, -0.05) is 0 Å². The molecule has 3 heteroatoms. The topological polar surface area (TPSA) is 26.3 Å². The van der Waals surface area contributed by atoms with Crippen molar-refractivity contribution in [3.63, 3.8) is 0 Å². The molecule has 1 unspecified atom stereocenters. The molecule has 1 aliphatic heterocycles. The minimum atomic E-state index is -0.0757. The van der Waals surface area contributed by atoms with E-state index in [1.54, 1.807) is 7.11 Å². The van der Waals surface area contributed by atoms with Gasteiger partial charge in [-0.2, -0.15) is 0 Å². The zero-order valence-electron chi connectivity index (χ0n) is 8.47. The molecule has 0 aliphatic carbocycles. The summed E-state index contributed by atoms with van der Waals surface area (Å²) >= 11 is 1.82. The van der Waals surface area contributed by atoms with Gasteiger partial charge in [-0.25, -0.2) is 0 Å². The van der Waals surface area contributed by atoms with E-state index < -0.39 is 0 Å². The molecular formula is C10H18O2S. The molecule has 1 heterocycles. The Bertz CT molecular complexity index is 174. The fraction of sp³-hybridized carbons (Fsp3) is 0.900. The lowest BCUT2D eigenvalue weighted by molar-refractivity contribution is -0.121. The van der Waals surface area contributed by atoms with Crippen LogP contribution in [0.4, 0.5) is 0 Å². The van der Waals surface area contributed by atoms with Crippen molar-refractivity contribution < 1.29 is 9.53 Å². The average molecular weight is 202 g/mol. The van der Waals surface area contributed by atoms with Crippen molar-refractivity contribution in [2.24, 2.45) is 0 Å². The summed E-state index contributed by atoms with van der Waals surface area (Å²) in [6.45, 7) is 2.78. The van der Waals surface area contributed by atoms with E-state index in [0.717, 1.165) is 18.6 Å². The third kappa shape index (κ3) is 2.99.